The third-order valence-electron chi connectivity index (χ3n) is 6.02. The number of piperazine rings is 1. The average molecular weight is 442 g/mol. The van der Waals surface area contributed by atoms with Gasteiger partial charge in [0.25, 0.3) is 0 Å². The highest BCUT2D eigenvalue weighted by Crippen LogP contribution is 2.33. The van der Waals surface area contributed by atoms with Crippen molar-refractivity contribution in [1.29, 1.82) is 0 Å². The SMILES string of the molecule is CCN1CCN(c2nc(-c3ccc(OC)c(CCCO)c3)cc3ccccc23)CC1.Cl. The molecule has 0 saturated carbocycles. The zero-order chi connectivity index (χ0) is 20.9. The van der Waals surface area contributed by atoms with Crippen LogP contribution in [-0.2, 0) is 6.42 Å². The van der Waals surface area contributed by atoms with E-state index in [2.05, 4.69) is 59.2 Å². The fourth-order valence-corrected chi connectivity index (χ4v) is 4.25. The van der Waals surface area contributed by atoms with Crippen LogP contribution in [0.4, 0.5) is 5.82 Å². The van der Waals surface area contributed by atoms with Gasteiger partial charge in [0.2, 0.25) is 0 Å². The number of benzene rings is 2. The molecule has 1 saturated heterocycles. The maximum atomic E-state index is 9.25. The first-order valence-corrected chi connectivity index (χ1v) is 10.9. The molecule has 166 valence electrons. The van der Waals surface area contributed by atoms with Crippen LogP contribution >= 0.6 is 12.4 Å². The summed E-state index contributed by atoms with van der Waals surface area (Å²) in [4.78, 5) is 10.1. The third kappa shape index (κ3) is 5.12. The summed E-state index contributed by atoms with van der Waals surface area (Å²) in [6, 6.07) is 17.0. The summed E-state index contributed by atoms with van der Waals surface area (Å²) in [5.41, 5.74) is 3.18. The Morgan fingerprint density at radius 1 is 1.03 bits per heavy atom. The Hall–Kier alpha value is -2.34. The van der Waals surface area contributed by atoms with Gasteiger partial charge in [-0.05, 0) is 54.6 Å². The molecule has 2 heterocycles. The largest absolute Gasteiger partial charge is 0.496 e. The molecule has 0 spiro atoms. The van der Waals surface area contributed by atoms with E-state index in [1.165, 1.54) is 10.8 Å². The zero-order valence-corrected chi connectivity index (χ0v) is 19.2. The predicted molar refractivity (Wildman–Crippen MR) is 131 cm³/mol. The number of anilines is 1. The number of aliphatic hydroxyl groups is 1. The molecule has 1 aliphatic rings. The van der Waals surface area contributed by atoms with E-state index < -0.39 is 0 Å². The molecule has 0 atom stereocenters. The Morgan fingerprint density at radius 3 is 2.52 bits per heavy atom. The summed E-state index contributed by atoms with van der Waals surface area (Å²) < 4.78 is 5.53. The van der Waals surface area contributed by atoms with E-state index in [4.69, 9.17) is 9.72 Å². The fourth-order valence-electron chi connectivity index (χ4n) is 4.25. The number of nitrogens with zero attached hydrogens (tertiary/aromatic N) is 3. The normalized spacial score (nSPS) is 14.5. The number of halogens is 1. The second kappa shape index (κ2) is 10.8. The van der Waals surface area contributed by atoms with E-state index in [9.17, 15) is 5.11 Å². The highest BCUT2D eigenvalue weighted by molar-refractivity contribution is 5.95. The van der Waals surface area contributed by atoms with Crippen molar-refractivity contribution in [3.8, 4) is 17.0 Å². The topological polar surface area (TPSA) is 48.8 Å². The minimum Gasteiger partial charge on any atom is -0.496 e. The number of pyridine rings is 1. The number of likely N-dealkylation sites (N-methyl/N-ethyl adjacent to an activating group) is 1. The molecule has 31 heavy (non-hydrogen) atoms. The molecule has 4 rings (SSSR count). The molecule has 5 nitrogen and oxygen atoms in total. The Balaban J connectivity index is 0.00000272. The van der Waals surface area contributed by atoms with Gasteiger partial charge in [0.1, 0.15) is 11.6 Å². The first kappa shape index (κ1) is 23.3. The molecule has 3 aromatic rings. The van der Waals surface area contributed by atoms with Gasteiger partial charge in [0.05, 0.1) is 12.8 Å². The van der Waals surface area contributed by atoms with Crippen molar-refractivity contribution < 1.29 is 9.84 Å². The van der Waals surface area contributed by atoms with E-state index in [-0.39, 0.29) is 19.0 Å². The van der Waals surface area contributed by atoms with Crippen LogP contribution < -0.4 is 9.64 Å². The number of fused-ring (bicyclic) bond motifs is 1. The van der Waals surface area contributed by atoms with Crippen molar-refractivity contribution in [3.05, 3.63) is 54.1 Å². The Bertz CT molecular complexity index is 1000. The molecule has 0 bridgehead atoms. The van der Waals surface area contributed by atoms with Crippen LogP contribution in [0.3, 0.4) is 0 Å². The molecule has 6 heteroatoms. The molecule has 0 aliphatic carbocycles. The van der Waals surface area contributed by atoms with Crippen LogP contribution in [0.2, 0.25) is 0 Å². The van der Waals surface area contributed by atoms with Crippen molar-refractivity contribution >= 4 is 29.0 Å². The van der Waals surface area contributed by atoms with E-state index in [1.54, 1.807) is 7.11 Å². The molecule has 2 aromatic carbocycles. The Morgan fingerprint density at radius 2 is 1.81 bits per heavy atom. The van der Waals surface area contributed by atoms with Crippen molar-refractivity contribution in [2.45, 2.75) is 19.8 Å². The lowest BCUT2D eigenvalue weighted by Gasteiger charge is -2.35. The van der Waals surface area contributed by atoms with Gasteiger partial charge in [-0.15, -0.1) is 12.4 Å². The maximum absolute atomic E-state index is 9.25. The molecule has 1 aliphatic heterocycles. The number of hydrogen-bond acceptors (Lipinski definition) is 5. The third-order valence-corrected chi connectivity index (χ3v) is 6.02. The second-order valence-electron chi connectivity index (χ2n) is 7.83. The first-order valence-electron chi connectivity index (χ1n) is 10.9. The van der Waals surface area contributed by atoms with Crippen LogP contribution in [0.5, 0.6) is 5.75 Å². The molecule has 1 fully saturated rings. The highest BCUT2D eigenvalue weighted by atomic mass is 35.5. The van der Waals surface area contributed by atoms with E-state index in [1.807, 2.05) is 6.07 Å². The molecule has 1 N–H and O–H groups in total. The summed E-state index contributed by atoms with van der Waals surface area (Å²) in [5, 5.41) is 11.7. The van der Waals surface area contributed by atoms with Gasteiger partial charge in [0.15, 0.2) is 0 Å². The molecule has 0 radical (unpaired) electrons. The average Bonchev–Trinajstić information content (AvgIpc) is 2.82. The van der Waals surface area contributed by atoms with Crippen LogP contribution in [0.25, 0.3) is 22.0 Å². The van der Waals surface area contributed by atoms with E-state index >= 15 is 0 Å². The molecule has 0 unspecified atom stereocenters. The lowest BCUT2D eigenvalue weighted by molar-refractivity contribution is 0.271. The number of ether oxygens (including phenoxy) is 1. The summed E-state index contributed by atoms with van der Waals surface area (Å²) >= 11 is 0. The molecular weight excluding hydrogens is 410 g/mol. The minimum atomic E-state index is 0. The van der Waals surface area contributed by atoms with Crippen LogP contribution in [-0.4, -0.2) is 61.4 Å². The van der Waals surface area contributed by atoms with E-state index in [0.717, 1.165) is 74.0 Å². The minimum absolute atomic E-state index is 0. The van der Waals surface area contributed by atoms with Gasteiger partial charge >= 0.3 is 0 Å². The molecular formula is C25H32ClN3O2. The maximum Gasteiger partial charge on any atom is 0.137 e. The standard InChI is InChI=1S/C25H31N3O2.ClH/c1-3-27-12-14-28(15-13-27)25-22-9-5-4-7-19(22)18-23(26-25)20-10-11-24(30-2)21(17-20)8-6-16-29;/h4-5,7,9-11,17-18,29H,3,6,8,12-16H2,1-2H3;1H. The lowest BCUT2D eigenvalue weighted by atomic mass is 10.0. The Kier molecular flexibility index (Phi) is 8.13. The fraction of sp³-hybridized carbons (Fsp3) is 0.400. The van der Waals surface area contributed by atoms with Gasteiger partial charge in [-0.1, -0.05) is 31.2 Å². The van der Waals surface area contributed by atoms with Gasteiger partial charge < -0.3 is 19.6 Å². The summed E-state index contributed by atoms with van der Waals surface area (Å²) in [5.74, 6) is 1.94. The van der Waals surface area contributed by atoms with Crippen LogP contribution in [0.15, 0.2) is 48.5 Å². The van der Waals surface area contributed by atoms with Gasteiger partial charge in [-0.25, -0.2) is 4.98 Å². The number of aryl methyl sites for hydroxylation is 1. The monoisotopic (exact) mass is 441 g/mol. The van der Waals surface area contributed by atoms with Crippen molar-refractivity contribution in [3.63, 3.8) is 0 Å². The number of aromatic nitrogens is 1. The van der Waals surface area contributed by atoms with Crippen LogP contribution in [0.1, 0.15) is 18.9 Å². The summed E-state index contributed by atoms with van der Waals surface area (Å²) in [6.45, 7) is 7.65. The Labute approximate surface area is 191 Å². The summed E-state index contributed by atoms with van der Waals surface area (Å²) in [7, 11) is 1.69. The van der Waals surface area contributed by atoms with Crippen molar-refractivity contribution in [1.82, 2.24) is 9.88 Å². The van der Waals surface area contributed by atoms with Crippen LogP contribution in [0, 0.1) is 0 Å². The number of rotatable bonds is 7. The molecule has 1 aromatic heterocycles. The quantitative estimate of drug-likeness (QED) is 0.589. The first-order chi connectivity index (χ1) is 14.7. The highest BCUT2D eigenvalue weighted by Gasteiger charge is 2.20. The number of methoxy groups -OCH3 is 1. The van der Waals surface area contributed by atoms with Crippen molar-refractivity contribution in [2.24, 2.45) is 0 Å². The lowest BCUT2D eigenvalue weighted by Crippen LogP contribution is -2.46. The second-order valence-corrected chi connectivity index (χ2v) is 7.83. The van der Waals surface area contributed by atoms with E-state index in [0.29, 0.717) is 0 Å². The molecule has 0 amide bonds. The smallest absolute Gasteiger partial charge is 0.137 e. The van der Waals surface area contributed by atoms with Gasteiger partial charge in [-0.2, -0.15) is 0 Å². The predicted octanol–water partition coefficient (Wildman–Crippen LogP) is 4.40. The number of aliphatic hydroxyl groups excluding tert-OH is 1. The van der Waals surface area contributed by atoms with Crippen molar-refractivity contribution in [2.75, 3.05) is 51.3 Å². The van der Waals surface area contributed by atoms with Gasteiger partial charge in [0, 0.05) is 43.7 Å². The summed E-state index contributed by atoms with van der Waals surface area (Å²) in [6.07, 6.45) is 1.50. The van der Waals surface area contributed by atoms with Gasteiger partial charge in [-0.3, -0.25) is 0 Å². The zero-order valence-electron chi connectivity index (χ0n) is 18.4. The number of hydrogen-bond donors (Lipinski definition) is 1.